The maximum absolute atomic E-state index is 13.2. The maximum atomic E-state index is 13.2. The standard InChI is InChI=1S/C13H17ClFNO/c14-13-9(3-1-5-11(13)15)7-12(17)10-4-2-6-16-8-10/h1,3,5,10,12,16-17H,2,4,6-8H2. The van der Waals surface area contributed by atoms with Crippen molar-refractivity contribution in [3.63, 3.8) is 0 Å². The van der Waals surface area contributed by atoms with Crippen molar-refractivity contribution < 1.29 is 9.50 Å². The van der Waals surface area contributed by atoms with Crippen molar-refractivity contribution in [1.29, 1.82) is 0 Å². The summed E-state index contributed by atoms with van der Waals surface area (Å²) in [7, 11) is 0. The van der Waals surface area contributed by atoms with E-state index in [9.17, 15) is 9.50 Å². The third-order valence-corrected chi connectivity index (χ3v) is 3.76. The Morgan fingerprint density at radius 3 is 3.06 bits per heavy atom. The van der Waals surface area contributed by atoms with Gasteiger partial charge in [0, 0.05) is 13.0 Å². The predicted octanol–water partition coefficient (Wildman–Crippen LogP) is 2.38. The zero-order valence-corrected chi connectivity index (χ0v) is 10.4. The van der Waals surface area contributed by atoms with Gasteiger partial charge in [0.15, 0.2) is 0 Å². The maximum Gasteiger partial charge on any atom is 0.142 e. The summed E-state index contributed by atoms with van der Waals surface area (Å²) in [5.41, 5.74) is 0.685. The Bertz CT molecular complexity index is 380. The van der Waals surface area contributed by atoms with Crippen molar-refractivity contribution in [3.8, 4) is 0 Å². The Balaban J connectivity index is 2.01. The van der Waals surface area contributed by atoms with E-state index in [1.54, 1.807) is 12.1 Å². The van der Waals surface area contributed by atoms with E-state index in [0.29, 0.717) is 12.0 Å². The average Bonchev–Trinajstić information content (AvgIpc) is 2.36. The van der Waals surface area contributed by atoms with Crippen LogP contribution in [0.1, 0.15) is 18.4 Å². The van der Waals surface area contributed by atoms with Crippen molar-refractivity contribution in [3.05, 3.63) is 34.6 Å². The highest BCUT2D eigenvalue weighted by atomic mass is 35.5. The second-order valence-corrected chi connectivity index (χ2v) is 4.97. The molecule has 2 rings (SSSR count). The topological polar surface area (TPSA) is 32.3 Å². The molecule has 2 unspecified atom stereocenters. The lowest BCUT2D eigenvalue weighted by Gasteiger charge is -2.27. The van der Waals surface area contributed by atoms with Crippen LogP contribution in [0.3, 0.4) is 0 Å². The molecule has 0 bridgehead atoms. The summed E-state index contributed by atoms with van der Waals surface area (Å²) in [6.07, 6.45) is 2.06. The molecule has 94 valence electrons. The molecule has 1 aliphatic heterocycles. The number of hydrogen-bond donors (Lipinski definition) is 2. The van der Waals surface area contributed by atoms with Crippen LogP contribution >= 0.6 is 11.6 Å². The summed E-state index contributed by atoms with van der Waals surface area (Å²) >= 11 is 5.87. The van der Waals surface area contributed by atoms with E-state index in [1.165, 1.54) is 6.07 Å². The van der Waals surface area contributed by atoms with E-state index in [4.69, 9.17) is 11.6 Å². The quantitative estimate of drug-likeness (QED) is 0.872. The largest absolute Gasteiger partial charge is 0.392 e. The molecule has 1 aliphatic rings. The summed E-state index contributed by atoms with van der Waals surface area (Å²) in [6.45, 7) is 1.85. The van der Waals surface area contributed by atoms with E-state index in [1.807, 2.05) is 0 Å². The number of aliphatic hydroxyl groups is 1. The summed E-state index contributed by atoms with van der Waals surface area (Å²) < 4.78 is 13.2. The first-order valence-corrected chi connectivity index (χ1v) is 6.38. The number of rotatable bonds is 3. The molecule has 0 spiro atoms. The van der Waals surface area contributed by atoms with Crippen LogP contribution in [0.2, 0.25) is 5.02 Å². The first kappa shape index (κ1) is 12.8. The van der Waals surface area contributed by atoms with E-state index >= 15 is 0 Å². The van der Waals surface area contributed by atoms with Crippen LogP contribution in [0.5, 0.6) is 0 Å². The lowest BCUT2D eigenvalue weighted by atomic mass is 9.90. The Morgan fingerprint density at radius 1 is 1.53 bits per heavy atom. The molecule has 1 saturated heterocycles. The molecule has 0 aromatic heterocycles. The minimum Gasteiger partial charge on any atom is -0.392 e. The van der Waals surface area contributed by atoms with E-state index < -0.39 is 11.9 Å². The Morgan fingerprint density at radius 2 is 2.35 bits per heavy atom. The third kappa shape index (κ3) is 3.18. The molecule has 4 heteroatoms. The lowest BCUT2D eigenvalue weighted by Crippen LogP contribution is -2.37. The normalized spacial score (nSPS) is 22.4. The Labute approximate surface area is 106 Å². The molecule has 0 saturated carbocycles. The molecule has 2 nitrogen and oxygen atoms in total. The highest BCUT2D eigenvalue weighted by Crippen LogP contribution is 2.24. The zero-order chi connectivity index (χ0) is 12.3. The van der Waals surface area contributed by atoms with Gasteiger partial charge in [-0.3, -0.25) is 0 Å². The van der Waals surface area contributed by atoms with Gasteiger partial charge in [0.1, 0.15) is 5.82 Å². The van der Waals surface area contributed by atoms with Crippen LogP contribution in [-0.2, 0) is 6.42 Å². The minimum absolute atomic E-state index is 0.135. The highest BCUT2D eigenvalue weighted by Gasteiger charge is 2.22. The van der Waals surface area contributed by atoms with Crippen LogP contribution in [0, 0.1) is 11.7 Å². The predicted molar refractivity (Wildman–Crippen MR) is 66.7 cm³/mol. The van der Waals surface area contributed by atoms with Gasteiger partial charge in [0.2, 0.25) is 0 Å². The van der Waals surface area contributed by atoms with Crippen molar-refractivity contribution in [2.75, 3.05) is 13.1 Å². The van der Waals surface area contributed by atoms with Gasteiger partial charge < -0.3 is 10.4 Å². The fourth-order valence-electron chi connectivity index (χ4n) is 2.31. The summed E-state index contributed by atoms with van der Waals surface area (Å²) in [5, 5.41) is 13.5. The number of halogens is 2. The van der Waals surface area contributed by atoms with Crippen LogP contribution in [0.4, 0.5) is 4.39 Å². The monoisotopic (exact) mass is 257 g/mol. The third-order valence-electron chi connectivity index (χ3n) is 3.34. The van der Waals surface area contributed by atoms with Crippen molar-refractivity contribution in [2.24, 2.45) is 5.92 Å². The molecule has 1 heterocycles. The molecule has 0 amide bonds. The molecule has 0 aliphatic carbocycles. The molecule has 1 aromatic carbocycles. The fourth-order valence-corrected chi connectivity index (χ4v) is 2.51. The summed E-state index contributed by atoms with van der Waals surface area (Å²) in [6, 6.07) is 4.73. The van der Waals surface area contributed by atoms with Gasteiger partial charge in [-0.2, -0.15) is 0 Å². The fraction of sp³-hybridized carbons (Fsp3) is 0.538. The second kappa shape index (κ2) is 5.80. The number of benzene rings is 1. The molecule has 1 aromatic rings. The molecule has 17 heavy (non-hydrogen) atoms. The van der Waals surface area contributed by atoms with E-state index in [2.05, 4.69) is 5.32 Å². The first-order valence-electron chi connectivity index (χ1n) is 6.00. The average molecular weight is 258 g/mol. The van der Waals surface area contributed by atoms with Crippen molar-refractivity contribution in [2.45, 2.75) is 25.4 Å². The first-order chi connectivity index (χ1) is 8.18. The second-order valence-electron chi connectivity index (χ2n) is 4.59. The number of hydrogen-bond acceptors (Lipinski definition) is 2. The summed E-state index contributed by atoms with van der Waals surface area (Å²) in [5.74, 6) is -0.179. The molecular formula is C13H17ClFNO. The Kier molecular flexibility index (Phi) is 4.37. The lowest BCUT2D eigenvalue weighted by molar-refractivity contribution is 0.0922. The summed E-state index contributed by atoms with van der Waals surface area (Å²) in [4.78, 5) is 0. The minimum atomic E-state index is -0.456. The number of nitrogens with one attached hydrogen (secondary N) is 1. The van der Waals surface area contributed by atoms with Crippen LogP contribution in [-0.4, -0.2) is 24.3 Å². The molecule has 0 radical (unpaired) electrons. The van der Waals surface area contributed by atoms with Gasteiger partial charge in [-0.1, -0.05) is 23.7 Å². The van der Waals surface area contributed by atoms with Gasteiger partial charge in [0.25, 0.3) is 0 Å². The Hall–Kier alpha value is -0.640. The van der Waals surface area contributed by atoms with Crippen LogP contribution in [0.15, 0.2) is 18.2 Å². The van der Waals surface area contributed by atoms with Gasteiger partial charge in [-0.15, -0.1) is 0 Å². The molecule has 2 atom stereocenters. The molecule has 1 fully saturated rings. The van der Waals surface area contributed by atoms with Gasteiger partial charge in [0.05, 0.1) is 11.1 Å². The van der Waals surface area contributed by atoms with Crippen molar-refractivity contribution >= 4 is 11.6 Å². The zero-order valence-electron chi connectivity index (χ0n) is 9.63. The molecule has 2 N–H and O–H groups in total. The SMILES string of the molecule is OC(Cc1cccc(F)c1Cl)C1CCCNC1. The smallest absolute Gasteiger partial charge is 0.142 e. The van der Waals surface area contributed by atoms with Crippen LogP contribution in [0.25, 0.3) is 0 Å². The number of aliphatic hydroxyl groups excluding tert-OH is 1. The van der Waals surface area contributed by atoms with Gasteiger partial charge in [-0.05, 0) is 36.9 Å². The van der Waals surface area contributed by atoms with Crippen molar-refractivity contribution in [1.82, 2.24) is 5.32 Å². The van der Waals surface area contributed by atoms with E-state index in [0.717, 1.165) is 25.9 Å². The van der Waals surface area contributed by atoms with Gasteiger partial charge >= 0.3 is 0 Å². The van der Waals surface area contributed by atoms with Crippen LogP contribution < -0.4 is 5.32 Å². The highest BCUT2D eigenvalue weighted by molar-refractivity contribution is 6.31. The van der Waals surface area contributed by atoms with Gasteiger partial charge in [-0.25, -0.2) is 4.39 Å². The number of piperidine rings is 1. The molecular weight excluding hydrogens is 241 g/mol. The van der Waals surface area contributed by atoms with E-state index in [-0.39, 0.29) is 10.9 Å².